The van der Waals surface area contributed by atoms with Crippen molar-refractivity contribution in [1.82, 2.24) is 9.36 Å². The molecule has 6 heteroatoms. The zero-order valence-corrected chi connectivity index (χ0v) is 11.2. The molecule has 1 saturated heterocycles. The van der Waals surface area contributed by atoms with Crippen molar-refractivity contribution in [2.45, 2.75) is 38.5 Å². The molecule has 18 heavy (non-hydrogen) atoms. The van der Waals surface area contributed by atoms with Crippen LogP contribution < -0.4 is 4.90 Å². The fourth-order valence-electron chi connectivity index (χ4n) is 2.44. The first-order valence-corrected chi connectivity index (χ1v) is 7.18. The minimum absolute atomic E-state index is 0.543. The second kappa shape index (κ2) is 4.19. The molecular weight excluding hydrogens is 250 g/mol. The smallest absolute Gasteiger partial charge is 0.311 e. The highest BCUT2D eigenvalue weighted by Crippen LogP contribution is 2.40. The molecule has 1 unspecified atom stereocenters. The lowest BCUT2D eigenvalue weighted by Gasteiger charge is -2.37. The normalized spacial score (nSPS) is 28.4. The molecule has 1 aliphatic heterocycles. The molecule has 1 aromatic rings. The fraction of sp³-hybridized carbons (Fsp3) is 0.750. The highest BCUT2D eigenvalue weighted by molar-refractivity contribution is 7.09. The summed E-state index contributed by atoms with van der Waals surface area (Å²) in [4.78, 5) is 18.0. The summed E-state index contributed by atoms with van der Waals surface area (Å²) < 4.78 is 4.39. The largest absolute Gasteiger partial charge is 0.481 e. The molecule has 2 aliphatic rings. The maximum absolute atomic E-state index is 11.3. The number of hydrogen-bond acceptors (Lipinski definition) is 5. The molecule has 2 fully saturated rings. The molecule has 1 atom stereocenters. The average Bonchev–Trinajstić information content (AvgIpc) is 3.07. The summed E-state index contributed by atoms with van der Waals surface area (Å²) in [5.41, 5.74) is -0.649. The Balaban J connectivity index is 1.76. The van der Waals surface area contributed by atoms with E-state index in [-0.39, 0.29) is 0 Å². The third-order valence-electron chi connectivity index (χ3n) is 3.86. The van der Waals surface area contributed by atoms with Crippen molar-refractivity contribution in [3.05, 3.63) is 5.82 Å². The van der Waals surface area contributed by atoms with Gasteiger partial charge in [-0.25, -0.2) is 4.98 Å². The van der Waals surface area contributed by atoms with Crippen LogP contribution in [0, 0.1) is 5.41 Å². The van der Waals surface area contributed by atoms with E-state index in [0.29, 0.717) is 12.5 Å². The zero-order valence-electron chi connectivity index (χ0n) is 10.4. The van der Waals surface area contributed by atoms with Crippen LogP contribution in [0.3, 0.4) is 0 Å². The first-order valence-electron chi connectivity index (χ1n) is 6.40. The van der Waals surface area contributed by atoms with E-state index in [9.17, 15) is 9.90 Å². The number of aromatic nitrogens is 2. The number of carboxylic acids is 1. The van der Waals surface area contributed by atoms with Crippen molar-refractivity contribution in [2.75, 3.05) is 18.0 Å². The summed E-state index contributed by atoms with van der Waals surface area (Å²) in [5, 5.41) is 10.2. The Morgan fingerprint density at radius 3 is 3.00 bits per heavy atom. The van der Waals surface area contributed by atoms with Crippen LogP contribution in [0.4, 0.5) is 5.13 Å². The van der Waals surface area contributed by atoms with Gasteiger partial charge in [0.15, 0.2) is 0 Å². The third-order valence-corrected chi connectivity index (χ3v) is 4.65. The van der Waals surface area contributed by atoms with Crippen LogP contribution in [0.25, 0.3) is 0 Å². The monoisotopic (exact) mass is 267 g/mol. The van der Waals surface area contributed by atoms with Gasteiger partial charge in [-0.1, -0.05) is 0 Å². The summed E-state index contributed by atoms with van der Waals surface area (Å²) in [5.74, 6) is 0.808. The molecule has 5 nitrogen and oxygen atoms in total. The Labute approximate surface area is 110 Å². The van der Waals surface area contributed by atoms with E-state index in [0.717, 1.165) is 30.3 Å². The Kier molecular flexibility index (Phi) is 2.77. The Morgan fingerprint density at radius 2 is 2.33 bits per heavy atom. The summed E-state index contributed by atoms with van der Waals surface area (Å²) in [6.45, 7) is 3.26. The minimum Gasteiger partial charge on any atom is -0.481 e. The number of carbonyl (C=O) groups is 1. The zero-order chi connectivity index (χ0) is 12.8. The first-order chi connectivity index (χ1) is 8.58. The maximum Gasteiger partial charge on any atom is 0.311 e. The Morgan fingerprint density at radius 1 is 1.56 bits per heavy atom. The highest BCUT2D eigenvalue weighted by Gasteiger charge is 2.39. The Bertz CT molecular complexity index is 472. The lowest BCUT2D eigenvalue weighted by Crippen LogP contribution is -2.46. The predicted octanol–water partition coefficient (Wildman–Crippen LogP) is 2.11. The van der Waals surface area contributed by atoms with Gasteiger partial charge in [-0.3, -0.25) is 4.79 Å². The average molecular weight is 267 g/mol. The van der Waals surface area contributed by atoms with Crippen LogP contribution in [-0.4, -0.2) is 33.5 Å². The van der Waals surface area contributed by atoms with Crippen molar-refractivity contribution in [2.24, 2.45) is 5.41 Å². The Hall–Kier alpha value is -1.17. The molecule has 0 spiro atoms. The van der Waals surface area contributed by atoms with Crippen LogP contribution in [0.1, 0.15) is 44.3 Å². The van der Waals surface area contributed by atoms with Crippen LogP contribution >= 0.6 is 11.5 Å². The molecule has 1 saturated carbocycles. The van der Waals surface area contributed by atoms with Gasteiger partial charge in [-0.05, 0) is 32.6 Å². The number of aliphatic carboxylic acids is 1. The molecule has 3 rings (SSSR count). The lowest BCUT2D eigenvalue weighted by molar-refractivity contribution is -0.148. The predicted molar refractivity (Wildman–Crippen MR) is 69.1 cm³/mol. The molecule has 0 bridgehead atoms. The molecule has 2 heterocycles. The van der Waals surface area contributed by atoms with E-state index in [2.05, 4.69) is 14.3 Å². The van der Waals surface area contributed by atoms with Crippen molar-refractivity contribution < 1.29 is 9.90 Å². The summed E-state index contributed by atoms with van der Waals surface area (Å²) in [7, 11) is 0. The van der Waals surface area contributed by atoms with Crippen LogP contribution in [0.5, 0.6) is 0 Å². The maximum atomic E-state index is 11.3. The minimum atomic E-state index is -0.709. The van der Waals surface area contributed by atoms with Gasteiger partial charge in [0.05, 0.1) is 5.41 Å². The molecule has 1 aromatic heterocycles. The van der Waals surface area contributed by atoms with Crippen LogP contribution in [-0.2, 0) is 4.79 Å². The summed E-state index contributed by atoms with van der Waals surface area (Å²) in [6.07, 6.45) is 4.04. The molecule has 98 valence electrons. The second-order valence-corrected chi connectivity index (χ2v) is 6.33. The molecule has 1 aliphatic carbocycles. The third kappa shape index (κ3) is 2.09. The number of carboxylic acid groups (broad SMARTS) is 1. The van der Waals surface area contributed by atoms with Crippen molar-refractivity contribution in [1.29, 1.82) is 0 Å². The van der Waals surface area contributed by atoms with Crippen molar-refractivity contribution in [3.63, 3.8) is 0 Å². The van der Waals surface area contributed by atoms with Gasteiger partial charge in [0.2, 0.25) is 5.13 Å². The summed E-state index contributed by atoms with van der Waals surface area (Å²) in [6, 6.07) is 0. The lowest BCUT2D eigenvalue weighted by atomic mass is 9.82. The van der Waals surface area contributed by atoms with E-state index >= 15 is 0 Å². The van der Waals surface area contributed by atoms with Crippen molar-refractivity contribution in [3.8, 4) is 0 Å². The number of piperidine rings is 1. The molecule has 0 amide bonds. The molecule has 0 aromatic carbocycles. The number of hydrogen-bond donors (Lipinski definition) is 1. The topological polar surface area (TPSA) is 66.3 Å². The summed E-state index contributed by atoms with van der Waals surface area (Å²) >= 11 is 1.41. The highest BCUT2D eigenvalue weighted by atomic mass is 32.1. The standard InChI is InChI=1S/C12H17N3O2S/c1-12(10(16)17)5-2-6-15(7-12)11-13-9(14-18-11)8-3-4-8/h8H,2-7H2,1H3,(H,16,17). The number of anilines is 1. The van der Waals surface area contributed by atoms with Crippen LogP contribution in [0.2, 0.25) is 0 Å². The van der Waals surface area contributed by atoms with Gasteiger partial charge in [0, 0.05) is 30.5 Å². The van der Waals surface area contributed by atoms with Crippen LogP contribution in [0.15, 0.2) is 0 Å². The van der Waals surface area contributed by atoms with Gasteiger partial charge in [-0.15, -0.1) is 0 Å². The van der Waals surface area contributed by atoms with Gasteiger partial charge in [0.1, 0.15) is 5.82 Å². The molecular formula is C12H17N3O2S. The van der Waals surface area contributed by atoms with E-state index in [1.165, 1.54) is 24.4 Å². The molecule has 1 N–H and O–H groups in total. The van der Waals surface area contributed by atoms with Gasteiger partial charge in [0.25, 0.3) is 0 Å². The van der Waals surface area contributed by atoms with E-state index in [4.69, 9.17) is 0 Å². The van der Waals surface area contributed by atoms with E-state index < -0.39 is 11.4 Å². The van der Waals surface area contributed by atoms with Gasteiger partial charge < -0.3 is 10.0 Å². The molecule has 0 radical (unpaired) electrons. The first kappa shape index (κ1) is 11.9. The van der Waals surface area contributed by atoms with E-state index in [1.807, 2.05) is 6.92 Å². The quantitative estimate of drug-likeness (QED) is 0.908. The SMILES string of the molecule is CC1(C(=O)O)CCCN(c2nc(C3CC3)ns2)C1. The fourth-order valence-corrected chi connectivity index (χ4v) is 3.21. The second-order valence-electron chi connectivity index (χ2n) is 5.60. The number of nitrogens with zero attached hydrogens (tertiary/aromatic N) is 3. The van der Waals surface area contributed by atoms with E-state index in [1.54, 1.807) is 0 Å². The van der Waals surface area contributed by atoms with Gasteiger partial charge >= 0.3 is 5.97 Å². The number of rotatable bonds is 3. The van der Waals surface area contributed by atoms with Gasteiger partial charge in [-0.2, -0.15) is 4.37 Å². The van der Waals surface area contributed by atoms with Crippen molar-refractivity contribution >= 4 is 22.6 Å².